The molecular weight excluding hydrogens is 382 g/mol. The lowest BCUT2D eigenvalue weighted by atomic mass is 10.1. The van der Waals surface area contributed by atoms with Crippen LogP contribution in [0.1, 0.15) is 18.5 Å². The first kappa shape index (κ1) is 16.3. The summed E-state index contributed by atoms with van der Waals surface area (Å²) in [6, 6.07) is 11.6. The summed E-state index contributed by atoms with van der Waals surface area (Å²) in [4.78, 5) is 0.227. The van der Waals surface area contributed by atoms with Crippen molar-refractivity contribution in [3.8, 4) is 11.5 Å². The molecule has 0 spiro atoms. The van der Waals surface area contributed by atoms with Crippen LogP contribution in [-0.2, 0) is 10.0 Å². The maximum atomic E-state index is 12.4. The van der Waals surface area contributed by atoms with Crippen molar-refractivity contribution in [2.45, 2.75) is 17.9 Å². The Morgan fingerprint density at radius 3 is 2.39 bits per heavy atom. The Balaban J connectivity index is 1.80. The first-order valence-electron chi connectivity index (χ1n) is 7.13. The first-order valence-corrected chi connectivity index (χ1v) is 9.41. The van der Waals surface area contributed by atoms with Gasteiger partial charge in [0.2, 0.25) is 10.0 Å². The highest BCUT2D eigenvalue weighted by molar-refractivity contribution is 9.10. The maximum absolute atomic E-state index is 12.4. The fourth-order valence-corrected chi connectivity index (χ4v) is 3.81. The van der Waals surface area contributed by atoms with E-state index in [4.69, 9.17) is 9.47 Å². The smallest absolute Gasteiger partial charge is 0.241 e. The molecule has 0 saturated carbocycles. The summed E-state index contributed by atoms with van der Waals surface area (Å²) < 4.78 is 39.4. The Kier molecular flexibility index (Phi) is 4.61. The van der Waals surface area contributed by atoms with Gasteiger partial charge in [-0.15, -0.1) is 0 Å². The predicted molar refractivity (Wildman–Crippen MR) is 90.3 cm³/mol. The highest BCUT2D eigenvalue weighted by Crippen LogP contribution is 2.32. The van der Waals surface area contributed by atoms with Crippen LogP contribution in [0.25, 0.3) is 0 Å². The third kappa shape index (κ3) is 3.68. The summed E-state index contributed by atoms with van der Waals surface area (Å²) in [6.07, 6.45) is 0. The average Bonchev–Trinajstić information content (AvgIpc) is 2.54. The van der Waals surface area contributed by atoms with Gasteiger partial charge >= 0.3 is 0 Å². The molecule has 1 atom stereocenters. The molecule has 0 unspecified atom stereocenters. The zero-order valence-corrected chi connectivity index (χ0v) is 14.9. The van der Waals surface area contributed by atoms with Crippen molar-refractivity contribution in [2.24, 2.45) is 0 Å². The summed E-state index contributed by atoms with van der Waals surface area (Å²) in [6.45, 7) is 2.81. The largest absolute Gasteiger partial charge is 0.486 e. The molecule has 7 heteroatoms. The molecule has 1 heterocycles. The van der Waals surface area contributed by atoms with Crippen LogP contribution in [0.5, 0.6) is 11.5 Å². The van der Waals surface area contributed by atoms with E-state index in [1.54, 1.807) is 37.3 Å². The second kappa shape index (κ2) is 6.51. The van der Waals surface area contributed by atoms with Gasteiger partial charge in [0.15, 0.2) is 11.5 Å². The number of ether oxygens (including phenoxy) is 2. The van der Waals surface area contributed by atoms with Crippen LogP contribution in [0.4, 0.5) is 0 Å². The quantitative estimate of drug-likeness (QED) is 0.859. The number of fused-ring (bicyclic) bond motifs is 1. The van der Waals surface area contributed by atoms with Gasteiger partial charge in [0.25, 0.3) is 0 Å². The predicted octanol–water partition coefficient (Wildman–Crippen LogP) is 3.26. The van der Waals surface area contributed by atoms with Crippen LogP contribution in [-0.4, -0.2) is 21.6 Å². The van der Waals surface area contributed by atoms with Crippen molar-refractivity contribution in [2.75, 3.05) is 13.2 Å². The Bertz CT molecular complexity index is 805. The third-order valence-corrected chi connectivity index (χ3v) is 5.61. The normalized spacial score (nSPS) is 15.2. The van der Waals surface area contributed by atoms with E-state index in [0.717, 1.165) is 10.0 Å². The zero-order valence-electron chi connectivity index (χ0n) is 12.5. The zero-order chi connectivity index (χ0) is 16.4. The van der Waals surface area contributed by atoms with Gasteiger partial charge in [-0.3, -0.25) is 0 Å². The van der Waals surface area contributed by atoms with E-state index in [1.807, 2.05) is 12.1 Å². The van der Waals surface area contributed by atoms with E-state index in [-0.39, 0.29) is 10.9 Å². The Morgan fingerprint density at radius 1 is 1.04 bits per heavy atom. The lowest BCUT2D eigenvalue weighted by Crippen LogP contribution is -2.27. The van der Waals surface area contributed by atoms with Crippen molar-refractivity contribution in [3.63, 3.8) is 0 Å². The van der Waals surface area contributed by atoms with E-state index in [1.165, 1.54) is 0 Å². The molecule has 23 heavy (non-hydrogen) atoms. The Hall–Kier alpha value is -1.57. The van der Waals surface area contributed by atoms with Crippen molar-refractivity contribution in [1.82, 2.24) is 4.72 Å². The van der Waals surface area contributed by atoms with Gasteiger partial charge in [0, 0.05) is 10.5 Å². The summed E-state index contributed by atoms with van der Waals surface area (Å²) in [5, 5.41) is 0. The molecule has 3 rings (SSSR count). The van der Waals surface area contributed by atoms with Gasteiger partial charge in [0.1, 0.15) is 13.2 Å². The molecule has 0 amide bonds. The number of halogens is 1. The standard InChI is InChI=1S/C16H16BrNO4S/c1-11(12-2-7-15-16(10-12)22-9-8-21-15)18-23(19,20)14-5-3-13(17)4-6-14/h2-7,10-11,18H,8-9H2,1H3/t11-/m0/s1. The number of hydrogen-bond donors (Lipinski definition) is 1. The van der Waals surface area contributed by atoms with Gasteiger partial charge in [0.05, 0.1) is 4.90 Å². The van der Waals surface area contributed by atoms with E-state index >= 15 is 0 Å². The minimum absolute atomic E-state index is 0.227. The molecule has 1 aliphatic rings. The van der Waals surface area contributed by atoms with Gasteiger partial charge in [-0.2, -0.15) is 0 Å². The SMILES string of the molecule is C[C@H](NS(=O)(=O)c1ccc(Br)cc1)c1ccc2c(c1)OCCO2. The van der Waals surface area contributed by atoms with Crippen molar-refractivity contribution >= 4 is 26.0 Å². The summed E-state index contributed by atoms with van der Waals surface area (Å²) in [7, 11) is -3.59. The number of rotatable bonds is 4. The fourth-order valence-electron chi connectivity index (χ4n) is 2.31. The molecule has 1 N–H and O–H groups in total. The van der Waals surface area contributed by atoms with E-state index in [2.05, 4.69) is 20.7 Å². The summed E-state index contributed by atoms with van der Waals surface area (Å²) in [5.41, 5.74) is 0.815. The molecule has 0 bridgehead atoms. The van der Waals surface area contributed by atoms with Gasteiger partial charge < -0.3 is 9.47 Å². The van der Waals surface area contributed by atoms with Crippen molar-refractivity contribution in [1.29, 1.82) is 0 Å². The maximum Gasteiger partial charge on any atom is 0.241 e. The van der Waals surface area contributed by atoms with Crippen LogP contribution >= 0.6 is 15.9 Å². The third-order valence-electron chi connectivity index (χ3n) is 3.52. The lowest BCUT2D eigenvalue weighted by molar-refractivity contribution is 0.171. The highest BCUT2D eigenvalue weighted by atomic mass is 79.9. The second-order valence-electron chi connectivity index (χ2n) is 5.20. The molecule has 1 aliphatic heterocycles. The number of benzene rings is 2. The molecule has 2 aromatic carbocycles. The summed E-state index contributed by atoms with van der Waals surface area (Å²) in [5.74, 6) is 1.33. The van der Waals surface area contributed by atoms with Crippen LogP contribution in [0.3, 0.4) is 0 Å². The average molecular weight is 398 g/mol. The van der Waals surface area contributed by atoms with Gasteiger partial charge in [-0.25, -0.2) is 13.1 Å². The summed E-state index contributed by atoms with van der Waals surface area (Å²) >= 11 is 3.29. The second-order valence-corrected chi connectivity index (χ2v) is 7.83. The van der Waals surface area contributed by atoms with E-state index in [0.29, 0.717) is 24.7 Å². The molecule has 2 aromatic rings. The molecule has 0 aromatic heterocycles. The van der Waals surface area contributed by atoms with Crippen molar-refractivity contribution in [3.05, 3.63) is 52.5 Å². The molecule has 5 nitrogen and oxygen atoms in total. The molecule has 0 aliphatic carbocycles. The number of hydrogen-bond acceptors (Lipinski definition) is 4. The van der Waals surface area contributed by atoms with Crippen molar-refractivity contribution < 1.29 is 17.9 Å². The van der Waals surface area contributed by atoms with Crippen LogP contribution < -0.4 is 14.2 Å². The lowest BCUT2D eigenvalue weighted by Gasteiger charge is -2.21. The van der Waals surface area contributed by atoms with Crippen LogP contribution in [0.2, 0.25) is 0 Å². The minimum Gasteiger partial charge on any atom is -0.486 e. The monoisotopic (exact) mass is 397 g/mol. The van der Waals surface area contributed by atoms with Gasteiger partial charge in [-0.05, 0) is 48.9 Å². The molecule has 0 saturated heterocycles. The number of nitrogens with one attached hydrogen (secondary N) is 1. The van der Waals surface area contributed by atoms with Gasteiger partial charge in [-0.1, -0.05) is 22.0 Å². The highest BCUT2D eigenvalue weighted by Gasteiger charge is 2.20. The Morgan fingerprint density at radius 2 is 1.70 bits per heavy atom. The van der Waals surface area contributed by atoms with E-state index in [9.17, 15) is 8.42 Å². The number of sulfonamides is 1. The molecule has 0 radical (unpaired) electrons. The molecule has 122 valence electrons. The topological polar surface area (TPSA) is 64.6 Å². The molecular formula is C16H16BrNO4S. The van der Waals surface area contributed by atoms with Crippen LogP contribution in [0.15, 0.2) is 51.8 Å². The van der Waals surface area contributed by atoms with E-state index < -0.39 is 10.0 Å². The van der Waals surface area contributed by atoms with Crippen LogP contribution in [0, 0.1) is 0 Å². The Labute approximate surface area is 143 Å². The fraction of sp³-hybridized carbons (Fsp3) is 0.250. The first-order chi connectivity index (χ1) is 11.0. The minimum atomic E-state index is -3.59. The molecule has 0 fully saturated rings.